The highest BCUT2D eigenvalue weighted by Gasteiger charge is 2.16. The topological polar surface area (TPSA) is 81.7 Å². The quantitative estimate of drug-likeness (QED) is 0.592. The number of hydrogen-bond acceptors (Lipinski definition) is 6. The maximum atomic E-state index is 5.56. The molecule has 0 saturated carbocycles. The predicted molar refractivity (Wildman–Crippen MR) is 61.6 cm³/mol. The molecule has 0 bridgehead atoms. The summed E-state index contributed by atoms with van der Waals surface area (Å²) in [5.74, 6) is 5.56. The van der Waals surface area contributed by atoms with Crippen LogP contribution < -0.4 is 11.3 Å². The summed E-state index contributed by atoms with van der Waals surface area (Å²) in [7, 11) is 1.90. The lowest BCUT2D eigenvalue weighted by molar-refractivity contribution is 0.557. The number of aromatic nitrogens is 4. The number of hydrazine groups is 1. The monoisotopic (exact) mass is 238 g/mol. The lowest BCUT2D eigenvalue weighted by Gasteiger charge is -2.12. The Morgan fingerprint density at radius 1 is 1.62 bits per heavy atom. The fraction of sp³-hybridized carbons (Fsp3) is 0.444. The van der Waals surface area contributed by atoms with Gasteiger partial charge in [0.05, 0.1) is 22.8 Å². The zero-order valence-electron chi connectivity index (χ0n) is 9.21. The van der Waals surface area contributed by atoms with E-state index in [1.807, 2.05) is 26.4 Å². The molecule has 1 unspecified atom stereocenters. The first-order valence-corrected chi connectivity index (χ1v) is 5.70. The summed E-state index contributed by atoms with van der Waals surface area (Å²) >= 11 is 1.38. The van der Waals surface area contributed by atoms with E-state index in [1.54, 1.807) is 4.68 Å². The van der Waals surface area contributed by atoms with Gasteiger partial charge in [0.2, 0.25) is 0 Å². The minimum absolute atomic E-state index is 0.0456. The van der Waals surface area contributed by atoms with Gasteiger partial charge in [0.15, 0.2) is 0 Å². The number of aryl methyl sites for hydroxylation is 2. The largest absolute Gasteiger partial charge is 0.276 e. The van der Waals surface area contributed by atoms with E-state index in [0.29, 0.717) is 0 Å². The van der Waals surface area contributed by atoms with Gasteiger partial charge in [0.25, 0.3) is 0 Å². The molecule has 0 aliphatic rings. The summed E-state index contributed by atoms with van der Waals surface area (Å²) in [4.78, 5) is 1.08. The van der Waals surface area contributed by atoms with E-state index in [0.717, 1.165) is 22.6 Å². The van der Waals surface area contributed by atoms with Crippen molar-refractivity contribution < 1.29 is 0 Å². The molecular formula is C9H14N6S. The maximum absolute atomic E-state index is 5.56. The van der Waals surface area contributed by atoms with Gasteiger partial charge >= 0.3 is 0 Å². The van der Waals surface area contributed by atoms with Crippen molar-refractivity contribution in [1.29, 1.82) is 0 Å². The van der Waals surface area contributed by atoms with Gasteiger partial charge in [-0.2, -0.15) is 5.10 Å². The van der Waals surface area contributed by atoms with Gasteiger partial charge in [-0.25, -0.2) is 0 Å². The maximum Gasteiger partial charge on any atom is 0.0773 e. The minimum atomic E-state index is 0.0456. The van der Waals surface area contributed by atoms with E-state index in [1.165, 1.54) is 11.5 Å². The second-order valence-corrected chi connectivity index (χ2v) is 4.45. The Morgan fingerprint density at radius 2 is 2.44 bits per heavy atom. The zero-order chi connectivity index (χ0) is 11.5. The minimum Gasteiger partial charge on any atom is -0.276 e. The standard InChI is InChI=1S/C9H14N6S/c1-6-9(16-14-13-6)8(12-10)3-7-4-11-15(2)5-7/h4-5,8,12H,3,10H2,1-2H3. The van der Waals surface area contributed by atoms with E-state index in [-0.39, 0.29) is 6.04 Å². The van der Waals surface area contributed by atoms with Gasteiger partial charge in [-0.3, -0.25) is 16.0 Å². The first-order chi connectivity index (χ1) is 7.70. The third-order valence-corrected chi connectivity index (χ3v) is 3.34. The third kappa shape index (κ3) is 2.26. The summed E-state index contributed by atoms with van der Waals surface area (Å²) in [6, 6.07) is 0.0456. The molecule has 2 heterocycles. The summed E-state index contributed by atoms with van der Waals surface area (Å²) < 4.78 is 5.69. The smallest absolute Gasteiger partial charge is 0.0773 e. The second kappa shape index (κ2) is 4.69. The van der Waals surface area contributed by atoms with Crippen LogP contribution in [0.3, 0.4) is 0 Å². The molecule has 1 atom stereocenters. The molecule has 7 heteroatoms. The summed E-state index contributed by atoms with van der Waals surface area (Å²) in [5.41, 5.74) is 4.86. The molecule has 6 nitrogen and oxygen atoms in total. The average molecular weight is 238 g/mol. The Balaban J connectivity index is 2.15. The fourth-order valence-electron chi connectivity index (χ4n) is 1.60. The lowest BCUT2D eigenvalue weighted by Crippen LogP contribution is -2.29. The Labute approximate surface area is 97.6 Å². The van der Waals surface area contributed by atoms with Crippen LogP contribution in [0.15, 0.2) is 12.4 Å². The highest BCUT2D eigenvalue weighted by molar-refractivity contribution is 7.05. The number of nitrogens with one attached hydrogen (secondary N) is 1. The number of nitrogens with zero attached hydrogens (tertiary/aromatic N) is 4. The molecule has 0 amide bonds. The molecule has 0 saturated heterocycles. The normalized spacial score (nSPS) is 12.9. The van der Waals surface area contributed by atoms with E-state index >= 15 is 0 Å². The molecule has 0 fully saturated rings. The van der Waals surface area contributed by atoms with Crippen LogP contribution in [0.1, 0.15) is 22.2 Å². The number of rotatable bonds is 4. The Morgan fingerprint density at radius 3 is 2.94 bits per heavy atom. The van der Waals surface area contributed by atoms with Gasteiger partial charge in [-0.15, -0.1) is 5.10 Å². The Hall–Kier alpha value is -1.31. The molecular weight excluding hydrogens is 224 g/mol. The van der Waals surface area contributed by atoms with Crippen molar-refractivity contribution in [3.63, 3.8) is 0 Å². The van der Waals surface area contributed by atoms with Crippen LogP contribution in [-0.2, 0) is 13.5 Å². The molecule has 2 rings (SSSR count). The van der Waals surface area contributed by atoms with E-state index < -0.39 is 0 Å². The van der Waals surface area contributed by atoms with Crippen molar-refractivity contribution in [2.75, 3.05) is 0 Å². The zero-order valence-corrected chi connectivity index (χ0v) is 10.0. The van der Waals surface area contributed by atoms with Crippen molar-refractivity contribution in [2.24, 2.45) is 12.9 Å². The van der Waals surface area contributed by atoms with E-state index in [2.05, 4.69) is 20.1 Å². The van der Waals surface area contributed by atoms with E-state index in [9.17, 15) is 0 Å². The molecule has 0 spiro atoms. The summed E-state index contributed by atoms with van der Waals surface area (Å²) in [6.07, 6.45) is 4.61. The predicted octanol–water partition coefficient (Wildman–Crippen LogP) is 0.327. The highest BCUT2D eigenvalue weighted by atomic mass is 32.1. The van der Waals surface area contributed by atoms with Crippen molar-refractivity contribution >= 4 is 11.5 Å². The molecule has 0 radical (unpaired) electrons. The number of hydrogen-bond donors (Lipinski definition) is 2. The SMILES string of the molecule is Cc1nnsc1C(Cc1cnn(C)c1)NN. The van der Waals surface area contributed by atoms with Gasteiger partial charge in [-0.05, 0) is 30.4 Å². The molecule has 0 aliphatic carbocycles. The van der Waals surface area contributed by atoms with Crippen LogP contribution in [0, 0.1) is 6.92 Å². The lowest BCUT2D eigenvalue weighted by atomic mass is 10.1. The summed E-state index contributed by atoms with van der Waals surface area (Å²) in [5, 5.41) is 8.11. The molecule has 2 aromatic heterocycles. The van der Waals surface area contributed by atoms with Crippen LogP contribution in [-0.4, -0.2) is 19.4 Å². The van der Waals surface area contributed by atoms with Crippen molar-refractivity contribution in [3.8, 4) is 0 Å². The van der Waals surface area contributed by atoms with Crippen LogP contribution in [0.25, 0.3) is 0 Å². The number of nitrogens with two attached hydrogens (primary N) is 1. The molecule has 86 valence electrons. The molecule has 16 heavy (non-hydrogen) atoms. The summed E-state index contributed by atoms with van der Waals surface area (Å²) in [6.45, 7) is 1.94. The Kier molecular flexibility index (Phi) is 3.28. The third-order valence-electron chi connectivity index (χ3n) is 2.40. The van der Waals surface area contributed by atoms with Gasteiger partial charge in [-0.1, -0.05) is 4.49 Å². The van der Waals surface area contributed by atoms with Crippen LogP contribution >= 0.6 is 11.5 Å². The second-order valence-electron chi connectivity index (χ2n) is 3.67. The Bertz CT molecular complexity index is 462. The van der Waals surface area contributed by atoms with Gasteiger partial charge < -0.3 is 0 Å². The molecule has 3 N–H and O–H groups in total. The average Bonchev–Trinajstić information content (AvgIpc) is 2.84. The molecule has 0 aliphatic heterocycles. The van der Waals surface area contributed by atoms with E-state index in [4.69, 9.17) is 5.84 Å². The van der Waals surface area contributed by atoms with Crippen LogP contribution in [0.4, 0.5) is 0 Å². The van der Waals surface area contributed by atoms with Crippen LogP contribution in [0.2, 0.25) is 0 Å². The highest BCUT2D eigenvalue weighted by Crippen LogP contribution is 2.22. The van der Waals surface area contributed by atoms with Gasteiger partial charge in [0.1, 0.15) is 0 Å². The van der Waals surface area contributed by atoms with Gasteiger partial charge in [0, 0.05) is 13.2 Å². The van der Waals surface area contributed by atoms with Crippen molar-refractivity contribution in [1.82, 2.24) is 24.8 Å². The molecule has 0 aromatic carbocycles. The first kappa shape index (κ1) is 11.2. The molecule has 2 aromatic rings. The van der Waals surface area contributed by atoms with Crippen molar-refractivity contribution in [2.45, 2.75) is 19.4 Å². The van der Waals surface area contributed by atoms with Crippen molar-refractivity contribution in [3.05, 3.63) is 28.5 Å². The van der Waals surface area contributed by atoms with Crippen LogP contribution in [0.5, 0.6) is 0 Å². The fourth-order valence-corrected chi connectivity index (χ4v) is 2.30. The first-order valence-electron chi connectivity index (χ1n) is 4.93.